The molecular weight excluding hydrogens is 520 g/mol. The minimum atomic E-state index is -0.916. The van der Waals surface area contributed by atoms with E-state index >= 15 is 0 Å². The Morgan fingerprint density at radius 1 is 0.927 bits per heavy atom. The largest absolute Gasteiger partial charge is 0.507 e. The molecule has 5 rings (SSSR count). The van der Waals surface area contributed by atoms with Crippen LogP contribution in [0, 0.1) is 6.92 Å². The second-order valence-electron chi connectivity index (χ2n) is 9.74. The Morgan fingerprint density at radius 2 is 1.68 bits per heavy atom. The molecule has 0 saturated carbocycles. The minimum Gasteiger partial charge on any atom is -0.507 e. The highest BCUT2D eigenvalue weighted by Crippen LogP contribution is 2.42. The Bertz CT molecular complexity index is 1600. The van der Waals surface area contributed by atoms with Crippen LogP contribution in [0.1, 0.15) is 40.8 Å². The molecule has 208 valence electrons. The Morgan fingerprint density at radius 3 is 2.39 bits per heavy atom. The highest BCUT2D eigenvalue weighted by molar-refractivity contribution is 6.46. The first-order valence-electron chi connectivity index (χ1n) is 13.3. The predicted octanol–water partition coefficient (Wildman–Crippen LogP) is 5.70. The maximum Gasteiger partial charge on any atom is 0.295 e. The van der Waals surface area contributed by atoms with Crippen molar-refractivity contribution in [3.05, 3.63) is 125 Å². The van der Waals surface area contributed by atoms with Gasteiger partial charge < -0.3 is 24.6 Å². The Hall–Kier alpha value is -5.11. The van der Waals surface area contributed by atoms with Gasteiger partial charge in [-0.2, -0.15) is 0 Å². The molecule has 3 aromatic carbocycles. The SMILES string of the molecule is CCOc1cc([C@H]2/C(=C(\O)c3ccc(OCc4cccc(C)c4)cc3)C(=O)C(=O)N2Cc2ccncc2)ccc1O. The summed E-state index contributed by atoms with van der Waals surface area (Å²) < 4.78 is 11.5. The van der Waals surface area contributed by atoms with Gasteiger partial charge in [-0.1, -0.05) is 35.9 Å². The number of phenolic OH excluding ortho intramolecular Hbond substituents is 1. The normalized spacial score (nSPS) is 16.1. The number of aliphatic hydroxyl groups excluding tert-OH is 1. The Labute approximate surface area is 238 Å². The van der Waals surface area contributed by atoms with Crippen molar-refractivity contribution in [2.75, 3.05) is 6.61 Å². The number of hydrogen-bond donors (Lipinski definition) is 2. The fourth-order valence-corrected chi connectivity index (χ4v) is 4.88. The van der Waals surface area contributed by atoms with Gasteiger partial charge >= 0.3 is 0 Å². The summed E-state index contributed by atoms with van der Waals surface area (Å²) in [5, 5.41) is 21.7. The number of aryl methyl sites for hydroxylation is 1. The average Bonchev–Trinajstić information content (AvgIpc) is 3.23. The molecule has 1 aliphatic rings. The van der Waals surface area contributed by atoms with Crippen molar-refractivity contribution in [3.8, 4) is 17.2 Å². The van der Waals surface area contributed by atoms with Crippen molar-refractivity contribution < 1.29 is 29.3 Å². The number of amides is 1. The van der Waals surface area contributed by atoms with Gasteiger partial charge in [-0.3, -0.25) is 14.6 Å². The third-order valence-electron chi connectivity index (χ3n) is 6.86. The summed E-state index contributed by atoms with van der Waals surface area (Å²) in [5.74, 6) is -1.10. The summed E-state index contributed by atoms with van der Waals surface area (Å²) in [6.07, 6.45) is 3.22. The van der Waals surface area contributed by atoms with E-state index in [2.05, 4.69) is 4.98 Å². The second kappa shape index (κ2) is 12.0. The monoisotopic (exact) mass is 550 g/mol. The molecule has 1 aliphatic heterocycles. The average molecular weight is 551 g/mol. The zero-order valence-electron chi connectivity index (χ0n) is 22.8. The molecule has 41 heavy (non-hydrogen) atoms. The first kappa shape index (κ1) is 27.5. The number of likely N-dealkylation sites (tertiary alicyclic amines) is 1. The molecule has 8 heteroatoms. The molecule has 0 bridgehead atoms. The van der Waals surface area contributed by atoms with E-state index in [-0.39, 0.29) is 29.4 Å². The first-order chi connectivity index (χ1) is 19.9. The maximum absolute atomic E-state index is 13.4. The number of ketones is 1. The second-order valence-corrected chi connectivity index (χ2v) is 9.74. The molecule has 1 amide bonds. The van der Waals surface area contributed by atoms with Crippen molar-refractivity contribution in [1.82, 2.24) is 9.88 Å². The number of phenols is 1. The first-order valence-corrected chi connectivity index (χ1v) is 13.3. The van der Waals surface area contributed by atoms with E-state index in [1.165, 1.54) is 11.0 Å². The molecule has 2 N–H and O–H groups in total. The fraction of sp³-hybridized carbons (Fsp3) is 0.182. The molecule has 2 heterocycles. The van der Waals surface area contributed by atoms with Crippen molar-refractivity contribution >= 4 is 17.4 Å². The number of rotatable bonds is 9. The van der Waals surface area contributed by atoms with Gasteiger partial charge in [0.2, 0.25) is 0 Å². The molecule has 4 aromatic rings. The summed E-state index contributed by atoms with van der Waals surface area (Å²) in [5.41, 5.74) is 3.77. The van der Waals surface area contributed by atoms with Crippen LogP contribution >= 0.6 is 0 Å². The Balaban J connectivity index is 1.50. The van der Waals surface area contributed by atoms with Crippen molar-refractivity contribution in [2.45, 2.75) is 33.0 Å². The number of pyridine rings is 1. The molecule has 8 nitrogen and oxygen atoms in total. The van der Waals surface area contributed by atoms with E-state index in [1.54, 1.807) is 67.8 Å². The van der Waals surface area contributed by atoms with E-state index in [0.29, 0.717) is 30.1 Å². The number of nitrogens with zero attached hydrogens (tertiary/aromatic N) is 2. The summed E-state index contributed by atoms with van der Waals surface area (Å²) in [4.78, 5) is 32.2. The number of aromatic hydroxyl groups is 1. The lowest BCUT2D eigenvalue weighted by Gasteiger charge is -2.26. The lowest BCUT2D eigenvalue weighted by molar-refractivity contribution is -0.140. The number of hydrogen-bond acceptors (Lipinski definition) is 7. The van der Waals surface area contributed by atoms with E-state index in [1.807, 2.05) is 31.2 Å². The number of aliphatic hydroxyl groups is 1. The minimum absolute atomic E-state index is 0.0503. The van der Waals surface area contributed by atoms with Crippen LogP contribution in [0.25, 0.3) is 5.76 Å². The number of Topliss-reactive ketones (excluding diaryl/α,β-unsaturated/α-hetero) is 1. The highest BCUT2D eigenvalue weighted by atomic mass is 16.5. The van der Waals surface area contributed by atoms with Gasteiger partial charge in [0.25, 0.3) is 11.7 Å². The van der Waals surface area contributed by atoms with Crippen LogP contribution in [0.2, 0.25) is 0 Å². The number of benzene rings is 3. The smallest absolute Gasteiger partial charge is 0.295 e. The third kappa shape index (κ3) is 5.91. The van der Waals surface area contributed by atoms with Crippen LogP contribution in [-0.2, 0) is 22.7 Å². The summed E-state index contributed by atoms with van der Waals surface area (Å²) in [7, 11) is 0. The molecule has 1 atom stereocenters. The quantitative estimate of drug-likeness (QED) is 0.156. The number of carbonyl (C=O) groups is 2. The fourth-order valence-electron chi connectivity index (χ4n) is 4.88. The molecule has 0 unspecified atom stereocenters. The van der Waals surface area contributed by atoms with Crippen LogP contribution in [0.3, 0.4) is 0 Å². The molecule has 1 fully saturated rings. The van der Waals surface area contributed by atoms with E-state index in [9.17, 15) is 19.8 Å². The van der Waals surface area contributed by atoms with Gasteiger partial charge in [0, 0.05) is 24.5 Å². The topological polar surface area (TPSA) is 109 Å². The summed E-state index contributed by atoms with van der Waals surface area (Å²) in [6.45, 7) is 4.62. The van der Waals surface area contributed by atoms with E-state index in [0.717, 1.165) is 16.7 Å². The van der Waals surface area contributed by atoms with Crippen LogP contribution in [0.4, 0.5) is 0 Å². The Kier molecular flexibility index (Phi) is 8.01. The maximum atomic E-state index is 13.4. The predicted molar refractivity (Wildman–Crippen MR) is 153 cm³/mol. The molecule has 0 radical (unpaired) electrons. The van der Waals surface area contributed by atoms with Gasteiger partial charge in [0.05, 0.1) is 18.2 Å². The highest BCUT2D eigenvalue weighted by Gasteiger charge is 2.46. The van der Waals surface area contributed by atoms with Crippen molar-refractivity contribution in [3.63, 3.8) is 0 Å². The summed E-state index contributed by atoms with van der Waals surface area (Å²) >= 11 is 0. The van der Waals surface area contributed by atoms with Crippen molar-refractivity contribution in [2.24, 2.45) is 0 Å². The number of carbonyl (C=O) groups excluding carboxylic acids is 2. The summed E-state index contributed by atoms with van der Waals surface area (Å²) in [6, 6.07) is 22.0. The van der Waals surface area contributed by atoms with Crippen LogP contribution in [-0.4, -0.2) is 38.4 Å². The van der Waals surface area contributed by atoms with Gasteiger partial charge in [0.1, 0.15) is 18.1 Å². The molecule has 0 aliphatic carbocycles. The van der Waals surface area contributed by atoms with Crippen LogP contribution < -0.4 is 9.47 Å². The number of aromatic nitrogens is 1. The van der Waals surface area contributed by atoms with Gasteiger partial charge in [0.15, 0.2) is 11.5 Å². The van der Waals surface area contributed by atoms with E-state index in [4.69, 9.17) is 9.47 Å². The zero-order chi connectivity index (χ0) is 28.9. The van der Waals surface area contributed by atoms with Crippen molar-refractivity contribution in [1.29, 1.82) is 0 Å². The molecule has 1 saturated heterocycles. The molecule has 0 spiro atoms. The van der Waals surface area contributed by atoms with E-state index < -0.39 is 17.7 Å². The zero-order valence-corrected chi connectivity index (χ0v) is 22.8. The van der Waals surface area contributed by atoms with Crippen LogP contribution in [0.5, 0.6) is 17.2 Å². The lowest BCUT2D eigenvalue weighted by atomic mass is 9.94. The van der Waals surface area contributed by atoms with Crippen LogP contribution in [0.15, 0.2) is 96.8 Å². The lowest BCUT2D eigenvalue weighted by Crippen LogP contribution is -2.29. The molecule has 1 aromatic heterocycles. The standard InChI is InChI=1S/C33H30N2O6/c1-3-40-28-18-25(9-12-27(28)36)30-29(32(38)33(39)35(30)19-22-13-15-34-16-14-22)31(37)24-7-10-26(11-8-24)41-20-23-6-4-5-21(2)17-23/h4-18,30,36-37H,3,19-20H2,1-2H3/b31-29+/t30-/m0/s1. The number of ether oxygens (including phenoxy) is 2. The van der Waals surface area contributed by atoms with Gasteiger partial charge in [-0.05, 0) is 79.1 Å². The van der Waals surface area contributed by atoms with Gasteiger partial charge in [-0.25, -0.2) is 0 Å². The van der Waals surface area contributed by atoms with Gasteiger partial charge in [-0.15, -0.1) is 0 Å². The molecular formula is C33H30N2O6. The third-order valence-corrected chi connectivity index (χ3v) is 6.86.